The molecule has 0 unspecified atom stereocenters. The summed E-state index contributed by atoms with van der Waals surface area (Å²) in [5.74, 6) is -0.00718. The number of aryl methyl sites for hydroxylation is 1. The summed E-state index contributed by atoms with van der Waals surface area (Å²) in [5, 5.41) is 4.09. The van der Waals surface area contributed by atoms with Gasteiger partial charge in [-0.1, -0.05) is 33.6 Å². The maximum atomic E-state index is 11.3. The van der Waals surface area contributed by atoms with E-state index in [1.807, 2.05) is 13.0 Å². The zero-order chi connectivity index (χ0) is 10.6. The predicted molar refractivity (Wildman–Crippen MR) is 63.2 cm³/mol. The van der Waals surface area contributed by atoms with Crippen LogP contribution in [0.1, 0.15) is 12.0 Å². The maximum absolute atomic E-state index is 11.3. The maximum Gasteiger partial charge on any atom is 0.225 e. The van der Waals surface area contributed by atoms with Crippen molar-refractivity contribution >= 4 is 39.1 Å². The number of anilines is 1. The van der Waals surface area contributed by atoms with Gasteiger partial charge in [-0.25, -0.2) is 0 Å². The fraction of sp³-hybridized carbons (Fsp3) is 0.300. The van der Waals surface area contributed by atoms with Crippen LogP contribution in [0.25, 0.3) is 0 Å². The number of nitrogens with one attached hydrogen (secondary N) is 1. The lowest BCUT2D eigenvalue weighted by Gasteiger charge is -2.07. The summed E-state index contributed by atoms with van der Waals surface area (Å²) in [5.41, 5.74) is 1.79. The van der Waals surface area contributed by atoms with Crippen molar-refractivity contribution in [2.24, 2.45) is 0 Å². The highest BCUT2D eigenvalue weighted by Gasteiger charge is 2.03. The van der Waals surface area contributed by atoms with E-state index in [1.165, 1.54) is 0 Å². The molecule has 76 valence electrons. The molecule has 0 saturated heterocycles. The largest absolute Gasteiger partial charge is 0.326 e. The molecule has 0 aliphatic carbocycles. The molecule has 0 saturated carbocycles. The molecular weight excluding hydrogens is 265 g/mol. The van der Waals surface area contributed by atoms with Crippen molar-refractivity contribution in [2.45, 2.75) is 13.3 Å². The van der Waals surface area contributed by atoms with Crippen LogP contribution >= 0.6 is 27.5 Å². The smallest absolute Gasteiger partial charge is 0.225 e. The predicted octanol–water partition coefficient (Wildman–Crippen LogP) is 3.37. The number of alkyl halides is 1. The van der Waals surface area contributed by atoms with E-state index in [9.17, 15) is 4.79 Å². The van der Waals surface area contributed by atoms with Crippen LogP contribution in [0, 0.1) is 6.92 Å². The first kappa shape index (κ1) is 11.5. The summed E-state index contributed by atoms with van der Waals surface area (Å²) >= 11 is 9.03. The van der Waals surface area contributed by atoms with E-state index in [4.69, 9.17) is 11.6 Å². The van der Waals surface area contributed by atoms with Gasteiger partial charge in [-0.3, -0.25) is 4.79 Å². The van der Waals surface area contributed by atoms with Gasteiger partial charge < -0.3 is 5.32 Å². The molecule has 2 nitrogen and oxygen atoms in total. The van der Waals surface area contributed by atoms with Gasteiger partial charge in [-0.15, -0.1) is 0 Å². The van der Waals surface area contributed by atoms with E-state index in [2.05, 4.69) is 21.2 Å². The Kier molecular flexibility index (Phi) is 4.42. The van der Waals surface area contributed by atoms with E-state index in [-0.39, 0.29) is 5.91 Å². The lowest BCUT2D eigenvalue weighted by Crippen LogP contribution is -2.12. The van der Waals surface area contributed by atoms with Crippen LogP contribution in [0.5, 0.6) is 0 Å². The van der Waals surface area contributed by atoms with Crippen LogP contribution in [0.3, 0.4) is 0 Å². The molecule has 4 heteroatoms. The number of benzene rings is 1. The highest BCUT2D eigenvalue weighted by atomic mass is 79.9. The Bertz CT molecular complexity index is 341. The Balaban J connectivity index is 2.75. The number of carbonyl (C=O) groups is 1. The van der Waals surface area contributed by atoms with Crippen LogP contribution in [0.15, 0.2) is 18.2 Å². The first-order valence-electron chi connectivity index (χ1n) is 4.25. The summed E-state index contributed by atoms with van der Waals surface area (Å²) in [4.78, 5) is 11.3. The second-order valence-corrected chi connectivity index (χ2v) is 4.18. The highest BCUT2D eigenvalue weighted by molar-refractivity contribution is 9.09. The van der Waals surface area contributed by atoms with Crippen molar-refractivity contribution in [1.82, 2.24) is 0 Å². The lowest BCUT2D eigenvalue weighted by molar-refractivity contribution is -0.115. The topological polar surface area (TPSA) is 29.1 Å². The minimum absolute atomic E-state index is 0.00718. The number of carbonyl (C=O) groups excluding carboxylic acids is 1. The van der Waals surface area contributed by atoms with Gasteiger partial charge in [-0.05, 0) is 24.6 Å². The monoisotopic (exact) mass is 275 g/mol. The molecule has 0 aliphatic rings. The molecule has 0 bridgehead atoms. The Morgan fingerprint density at radius 2 is 2.29 bits per heavy atom. The third kappa shape index (κ3) is 3.31. The molecule has 0 radical (unpaired) electrons. The van der Waals surface area contributed by atoms with Gasteiger partial charge >= 0.3 is 0 Å². The highest BCUT2D eigenvalue weighted by Crippen LogP contribution is 2.20. The Morgan fingerprint density at radius 1 is 1.57 bits per heavy atom. The van der Waals surface area contributed by atoms with Crippen LogP contribution in [0.4, 0.5) is 5.69 Å². The van der Waals surface area contributed by atoms with Crippen LogP contribution in [-0.4, -0.2) is 11.2 Å². The molecule has 1 N–H and O–H groups in total. The normalized spacial score (nSPS) is 9.93. The minimum Gasteiger partial charge on any atom is -0.326 e. The second-order valence-electron chi connectivity index (χ2n) is 2.95. The van der Waals surface area contributed by atoms with E-state index in [0.29, 0.717) is 16.8 Å². The zero-order valence-electron chi connectivity index (χ0n) is 7.81. The third-order valence-electron chi connectivity index (χ3n) is 1.80. The standard InChI is InChI=1S/C10H11BrClNO/c1-7-2-3-8(12)6-9(7)13-10(14)4-5-11/h2-3,6H,4-5H2,1H3,(H,13,14). The van der Waals surface area contributed by atoms with Gasteiger partial charge in [0.2, 0.25) is 5.91 Å². The van der Waals surface area contributed by atoms with Crippen molar-refractivity contribution < 1.29 is 4.79 Å². The van der Waals surface area contributed by atoms with E-state index >= 15 is 0 Å². The molecule has 1 rings (SSSR count). The van der Waals surface area contributed by atoms with Crippen LogP contribution in [-0.2, 0) is 4.79 Å². The van der Waals surface area contributed by atoms with Crippen LogP contribution in [0.2, 0.25) is 5.02 Å². The van der Waals surface area contributed by atoms with Crippen molar-refractivity contribution in [1.29, 1.82) is 0 Å². The molecule has 1 aromatic rings. The molecule has 1 aromatic carbocycles. The molecule has 0 aliphatic heterocycles. The van der Waals surface area contributed by atoms with Gasteiger partial charge in [0.05, 0.1) is 0 Å². The molecule has 0 atom stereocenters. The van der Waals surface area contributed by atoms with Crippen LogP contribution < -0.4 is 5.32 Å². The Morgan fingerprint density at radius 3 is 2.93 bits per heavy atom. The molecular formula is C10H11BrClNO. The summed E-state index contributed by atoms with van der Waals surface area (Å²) in [6.07, 6.45) is 0.464. The fourth-order valence-electron chi connectivity index (χ4n) is 1.03. The number of halogens is 2. The molecule has 14 heavy (non-hydrogen) atoms. The van der Waals surface area contributed by atoms with Gasteiger partial charge in [-0.2, -0.15) is 0 Å². The fourth-order valence-corrected chi connectivity index (χ4v) is 1.56. The SMILES string of the molecule is Cc1ccc(Cl)cc1NC(=O)CCBr. The molecule has 1 amide bonds. The first-order valence-corrected chi connectivity index (χ1v) is 5.75. The van der Waals surface area contributed by atoms with E-state index < -0.39 is 0 Å². The van der Waals surface area contributed by atoms with Gasteiger partial charge in [0, 0.05) is 22.5 Å². The first-order chi connectivity index (χ1) is 6.63. The molecule has 0 fully saturated rings. The van der Waals surface area contributed by atoms with E-state index in [0.717, 1.165) is 11.3 Å². The van der Waals surface area contributed by atoms with Gasteiger partial charge in [0.1, 0.15) is 0 Å². The summed E-state index contributed by atoms with van der Waals surface area (Å²) in [6.45, 7) is 1.93. The second kappa shape index (κ2) is 5.37. The van der Waals surface area contributed by atoms with Crippen molar-refractivity contribution in [2.75, 3.05) is 10.6 Å². The number of rotatable bonds is 3. The molecule has 0 aromatic heterocycles. The number of hydrogen-bond donors (Lipinski definition) is 1. The summed E-state index contributed by atoms with van der Waals surface area (Å²) in [7, 11) is 0. The number of amides is 1. The van der Waals surface area contributed by atoms with Gasteiger partial charge in [0.15, 0.2) is 0 Å². The number of hydrogen-bond acceptors (Lipinski definition) is 1. The zero-order valence-corrected chi connectivity index (χ0v) is 10.2. The molecule has 0 heterocycles. The van der Waals surface area contributed by atoms with Crippen molar-refractivity contribution in [3.63, 3.8) is 0 Å². The van der Waals surface area contributed by atoms with Crippen molar-refractivity contribution in [3.05, 3.63) is 28.8 Å². The van der Waals surface area contributed by atoms with Gasteiger partial charge in [0.25, 0.3) is 0 Å². The quantitative estimate of drug-likeness (QED) is 0.843. The van der Waals surface area contributed by atoms with E-state index in [1.54, 1.807) is 12.1 Å². The summed E-state index contributed by atoms with van der Waals surface area (Å²) in [6, 6.07) is 5.44. The third-order valence-corrected chi connectivity index (χ3v) is 2.43. The average molecular weight is 277 g/mol. The minimum atomic E-state index is -0.00718. The Hall–Kier alpha value is -0.540. The average Bonchev–Trinajstić information content (AvgIpc) is 2.12. The van der Waals surface area contributed by atoms with Crippen molar-refractivity contribution in [3.8, 4) is 0 Å². The molecule has 0 spiro atoms. The Labute approximate surface area is 96.8 Å². The lowest BCUT2D eigenvalue weighted by atomic mass is 10.2. The summed E-state index contributed by atoms with van der Waals surface area (Å²) < 4.78 is 0.